The first-order chi connectivity index (χ1) is 17.5. The van der Waals surface area contributed by atoms with Gasteiger partial charge in [-0.1, -0.05) is 18.2 Å². The van der Waals surface area contributed by atoms with Gasteiger partial charge in [-0.25, -0.2) is 12.8 Å². The number of carbonyl (C=O) groups excluding carboxylic acids is 1. The van der Waals surface area contributed by atoms with Crippen LogP contribution in [-0.2, 0) is 16.2 Å². The lowest BCUT2D eigenvalue weighted by atomic mass is 10.1. The van der Waals surface area contributed by atoms with E-state index in [-0.39, 0.29) is 48.1 Å². The van der Waals surface area contributed by atoms with Gasteiger partial charge in [0.2, 0.25) is 10.0 Å². The molecule has 0 radical (unpaired) electrons. The highest BCUT2D eigenvalue weighted by Crippen LogP contribution is 2.33. The largest absolute Gasteiger partial charge is 0.495 e. The number of amides is 1. The summed E-state index contributed by atoms with van der Waals surface area (Å²) >= 11 is 0. The van der Waals surface area contributed by atoms with E-state index in [4.69, 9.17) is 4.74 Å². The molecule has 1 aliphatic heterocycles. The van der Waals surface area contributed by atoms with Crippen molar-refractivity contribution in [2.24, 2.45) is 0 Å². The third kappa shape index (κ3) is 5.70. The maximum Gasteiger partial charge on any atom is 0.416 e. The van der Waals surface area contributed by atoms with E-state index in [0.29, 0.717) is 5.69 Å². The molecule has 0 spiro atoms. The number of nitrogens with one attached hydrogen (secondary N) is 1. The number of hydrogen-bond acceptors (Lipinski definition) is 5. The average molecular weight is 538 g/mol. The molecule has 1 fully saturated rings. The Bertz CT molecular complexity index is 1410. The number of methoxy groups -OCH3 is 1. The molecule has 1 aliphatic rings. The SMILES string of the molecule is COc1ccc(S(=O)(=O)N2CCN(c3cccc(C(F)(F)F)c3)CC2)cc1NC(=O)c1ccccc1F. The van der Waals surface area contributed by atoms with Gasteiger partial charge >= 0.3 is 6.18 Å². The Morgan fingerprint density at radius 1 is 0.946 bits per heavy atom. The van der Waals surface area contributed by atoms with Crippen LogP contribution in [0.4, 0.5) is 28.9 Å². The first kappa shape index (κ1) is 26.4. The maximum atomic E-state index is 14.0. The maximum absolute atomic E-state index is 14.0. The van der Waals surface area contributed by atoms with E-state index in [0.717, 1.165) is 18.2 Å². The van der Waals surface area contributed by atoms with E-state index in [1.54, 1.807) is 11.0 Å². The molecule has 12 heteroatoms. The summed E-state index contributed by atoms with van der Waals surface area (Å²) < 4.78 is 86.3. The molecule has 196 valence electrons. The summed E-state index contributed by atoms with van der Waals surface area (Å²) in [5, 5.41) is 2.49. The summed E-state index contributed by atoms with van der Waals surface area (Å²) in [6, 6.07) is 14.2. The lowest BCUT2D eigenvalue weighted by molar-refractivity contribution is -0.137. The Morgan fingerprint density at radius 2 is 1.65 bits per heavy atom. The van der Waals surface area contributed by atoms with E-state index in [2.05, 4.69) is 5.32 Å². The summed E-state index contributed by atoms with van der Waals surface area (Å²) in [5.41, 5.74) is -0.597. The minimum absolute atomic E-state index is 0.0411. The second-order valence-corrected chi connectivity index (χ2v) is 10.2. The number of piperazine rings is 1. The third-order valence-electron chi connectivity index (χ3n) is 5.95. The van der Waals surface area contributed by atoms with Gasteiger partial charge in [-0.2, -0.15) is 17.5 Å². The molecule has 1 amide bonds. The molecule has 0 saturated carbocycles. The van der Waals surface area contributed by atoms with Crippen LogP contribution in [0, 0.1) is 5.82 Å². The van der Waals surface area contributed by atoms with E-state index in [1.165, 1.54) is 53.9 Å². The van der Waals surface area contributed by atoms with Crippen molar-refractivity contribution in [2.75, 3.05) is 43.5 Å². The standard InChI is InChI=1S/C25H23F4N3O4S/c1-36-23-10-9-19(16-22(23)30-24(33)20-7-2-3-8-21(20)26)37(34,35)32-13-11-31(12-14-32)18-6-4-5-17(15-18)25(27,28)29/h2-10,15-16H,11-14H2,1H3,(H,30,33). The zero-order valence-corrected chi connectivity index (χ0v) is 20.4. The quantitative estimate of drug-likeness (QED) is 0.465. The molecule has 0 aromatic heterocycles. The minimum atomic E-state index is -4.48. The van der Waals surface area contributed by atoms with Crippen molar-refractivity contribution < 1.29 is 35.5 Å². The van der Waals surface area contributed by atoms with E-state index in [1.807, 2.05) is 0 Å². The number of hydrogen-bond donors (Lipinski definition) is 1. The Kier molecular flexibility index (Phi) is 7.42. The molecule has 1 heterocycles. The first-order valence-corrected chi connectivity index (χ1v) is 12.6. The van der Waals surface area contributed by atoms with Crippen molar-refractivity contribution in [2.45, 2.75) is 11.1 Å². The number of benzene rings is 3. The predicted octanol–water partition coefficient (Wildman–Crippen LogP) is 4.62. The van der Waals surface area contributed by atoms with Crippen LogP contribution < -0.4 is 15.0 Å². The molecule has 7 nitrogen and oxygen atoms in total. The molecule has 1 N–H and O–H groups in total. The molecule has 0 unspecified atom stereocenters. The molecule has 3 aromatic rings. The van der Waals surface area contributed by atoms with Crippen LogP contribution in [0.5, 0.6) is 5.75 Å². The summed E-state index contributed by atoms with van der Waals surface area (Å²) in [6.07, 6.45) is -4.48. The molecule has 0 bridgehead atoms. The van der Waals surface area contributed by atoms with Crippen molar-refractivity contribution in [1.82, 2.24) is 4.31 Å². The van der Waals surface area contributed by atoms with Gasteiger partial charge in [-0.05, 0) is 48.5 Å². The zero-order chi connectivity index (χ0) is 26.8. The summed E-state index contributed by atoms with van der Waals surface area (Å²) in [5.74, 6) is -1.33. The van der Waals surface area contributed by atoms with Gasteiger partial charge in [0.15, 0.2) is 0 Å². The van der Waals surface area contributed by atoms with Crippen molar-refractivity contribution >= 4 is 27.3 Å². The van der Waals surface area contributed by atoms with Crippen molar-refractivity contribution in [1.29, 1.82) is 0 Å². The molecule has 1 saturated heterocycles. The number of ether oxygens (including phenoxy) is 1. The van der Waals surface area contributed by atoms with Crippen LogP contribution >= 0.6 is 0 Å². The fourth-order valence-corrected chi connectivity index (χ4v) is 5.44. The first-order valence-electron chi connectivity index (χ1n) is 11.2. The van der Waals surface area contributed by atoms with Gasteiger partial charge < -0.3 is 15.0 Å². The Balaban J connectivity index is 1.51. The molecule has 37 heavy (non-hydrogen) atoms. The Hall–Kier alpha value is -3.64. The van der Waals surface area contributed by atoms with Crippen LogP contribution in [0.2, 0.25) is 0 Å². The van der Waals surface area contributed by atoms with Crippen molar-refractivity contribution in [3.63, 3.8) is 0 Å². The fourth-order valence-electron chi connectivity index (χ4n) is 3.99. The topological polar surface area (TPSA) is 79.0 Å². The number of alkyl halides is 3. The van der Waals surface area contributed by atoms with Crippen LogP contribution in [0.15, 0.2) is 71.6 Å². The zero-order valence-electron chi connectivity index (χ0n) is 19.6. The highest BCUT2D eigenvalue weighted by Gasteiger charge is 2.32. The number of anilines is 2. The summed E-state index contributed by atoms with van der Waals surface area (Å²) in [4.78, 5) is 14.1. The number of nitrogens with zero attached hydrogens (tertiary/aromatic N) is 2. The van der Waals surface area contributed by atoms with Gasteiger partial charge in [0.1, 0.15) is 11.6 Å². The van der Waals surface area contributed by atoms with Crippen molar-refractivity contribution in [3.05, 3.63) is 83.7 Å². The van der Waals surface area contributed by atoms with Gasteiger partial charge in [0, 0.05) is 31.9 Å². The van der Waals surface area contributed by atoms with E-state index < -0.39 is 33.5 Å². The predicted molar refractivity (Wildman–Crippen MR) is 130 cm³/mol. The smallest absolute Gasteiger partial charge is 0.416 e. The average Bonchev–Trinajstić information content (AvgIpc) is 2.88. The highest BCUT2D eigenvalue weighted by atomic mass is 32.2. The van der Waals surface area contributed by atoms with Gasteiger partial charge in [-0.15, -0.1) is 0 Å². The number of sulfonamides is 1. The minimum Gasteiger partial charge on any atom is -0.495 e. The van der Waals surface area contributed by atoms with Crippen LogP contribution in [-0.4, -0.2) is 51.9 Å². The molecule has 3 aromatic carbocycles. The lowest BCUT2D eigenvalue weighted by Crippen LogP contribution is -2.48. The van der Waals surface area contributed by atoms with Gasteiger partial charge in [0.25, 0.3) is 5.91 Å². The van der Waals surface area contributed by atoms with Crippen LogP contribution in [0.3, 0.4) is 0 Å². The van der Waals surface area contributed by atoms with Crippen LogP contribution in [0.25, 0.3) is 0 Å². The second-order valence-electron chi connectivity index (χ2n) is 8.24. The molecule has 4 rings (SSSR count). The van der Waals surface area contributed by atoms with E-state index in [9.17, 15) is 30.8 Å². The number of carbonyl (C=O) groups is 1. The van der Waals surface area contributed by atoms with Gasteiger partial charge in [-0.3, -0.25) is 4.79 Å². The highest BCUT2D eigenvalue weighted by molar-refractivity contribution is 7.89. The molecule has 0 atom stereocenters. The van der Waals surface area contributed by atoms with Crippen LogP contribution in [0.1, 0.15) is 15.9 Å². The fraction of sp³-hybridized carbons (Fsp3) is 0.240. The number of rotatable bonds is 6. The van der Waals surface area contributed by atoms with Gasteiger partial charge in [0.05, 0.1) is 28.8 Å². The monoisotopic (exact) mass is 537 g/mol. The van der Waals surface area contributed by atoms with E-state index >= 15 is 0 Å². The molecular formula is C25H23F4N3O4S. The molecular weight excluding hydrogens is 514 g/mol. The normalized spacial score (nSPS) is 14.9. The Labute approximate surface area is 211 Å². The lowest BCUT2D eigenvalue weighted by Gasteiger charge is -2.35. The summed E-state index contributed by atoms with van der Waals surface area (Å²) in [7, 11) is -2.67. The molecule has 0 aliphatic carbocycles. The third-order valence-corrected chi connectivity index (χ3v) is 7.85. The number of halogens is 4. The Morgan fingerprint density at radius 3 is 2.30 bits per heavy atom. The summed E-state index contributed by atoms with van der Waals surface area (Å²) in [6.45, 7) is 0.462. The van der Waals surface area contributed by atoms with Crippen molar-refractivity contribution in [3.8, 4) is 5.75 Å². The second kappa shape index (κ2) is 10.4.